The largest absolute Gasteiger partial charge is 0.339 e. The van der Waals surface area contributed by atoms with Crippen molar-refractivity contribution in [2.24, 2.45) is 5.73 Å². The molecule has 5 nitrogen and oxygen atoms in total. The highest BCUT2D eigenvalue weighted by molar-refractivity contribution is 5.97. The summed E-state index contributed by atoms with van der Waals surface area (Å²) in [4.78, 5) is 25.5. The van der Waals surface area contributed by atoms with Crippen LogP contribution >= 0.6 is 0 Å². The lowest BCUT2D eigenvalue weighted by atomic mass is 10.1. The monoisotopic (exact) mass is 277 g/mol. The second-order valence-electron chi connectivity index (χ2n) is 4.56. The lowest BCUT2D eigenvalue weighted by Crippen LogP contribution is -2.34. The van der Waals surface area contributed by atoms with Crippen molar-refractivity contribution in [2.45, 2.75) is 33.2 Å². The maximum atomic E-state index is 12.1. The predicted octanol–water partition coefficient (Wildman–Crippen LogP) is 1.84. The van der Waals surface area contributed by atoms with Gasteiger partial charge in [-0.3, -0.25) is 9.59 Å². The van der Waals surface area contributed by atoms with Gasteiger partial charge in [0.05, 0.1) is 6.04 Å². The fourth-order valence-electron chi connectivity index (χ4n) is 1.81. The van der Waals surface area contributed by atoms with E-state index in [0.717, 1.165) is 0 Å². The van der Waals surface area contributed by atoms with Crippen LogP contribution < -0.4 is 11.1 Å². The first-order chi connectivity index (χ1) is 9.53. The molecule has 0 aliphatic carbocycles. The maximum absolute atomic E-state index is 12.1. The number of carbonyl (C=O) groups is 2. The average Bonchev–Trinajstić information content (AvgIpc) is 2.48. The summed E-state index contributed by atoms with van der Waals surface area (Å²) >= 11 is 0. The quantitative estimate of drug-likeness (QED) is 0.833. The van der Waals surface area contributed by atoms with E-state index in [1.807, 2.05) is 20.8 Å². The molecule has 1 rings (SSSR count). The number of amides is 2. The topological polar surface area (TPSA) is 75.4 Å². The van der Waals surface area contributed by atoms with E-state index >= 15 is 0 Å². The van der Waals surface area contributed by atoms with Gasteiger partial charge in [0.15, 0.2) is 0 Å². The highest BCUT2D eigenvalue weighted by Gasteiger charge is 2.13. The highest BCUT2D eigenvalue weighted by Crippen LogP contribution is 2.12. The van der Waals surface area contributed by atoms with Crippen LogP contribution in [0.4, 0.5) is 5.69 Å². The minimum Gasteiger partial charge on any atom is -0.339 e. The molecule has 1 aromatic carbocycles. The van der Waals surface area contributed by atoms with Crippen LogP contribution in [0.2, 0.25) is 0 Å². The molecule has 0 aliphatic rings. The third-order valence-corrected chi connectivity index (χ3v) is 3.23. The summed E-state index contributed by atoms with van der Waals surface area (Å²) in [6.45, 7) is 7.11. The Morgan fingerprint density at radius 2 is 1.70 bits per heavy atom. The van der Waals surface area contributed by atoms with Crippen LogP contribution in [-0.2, 0) is 4.79 Å². The van der Waals surface area contributed by atoms with Gasteiger partial charge >= 0.3 is 0 Å². The van der Waals surface area contributed by atoms with E-state index in [1.54, 1.807) is 29.2 Å². The molecule has 0 bridgehead atoms. The molecular formula is C15H23N3O2. The summed E-state index contributed by atoms with van der Waals surface area (Å²) in [6.07, 6.45) is 0.588. The Labute approximate surface area is 120 Å². The van der Waals surface area contributed by atoms with Gasteiger partial charge < -0.3 is 16.0 Å². The van der Waals surface area contributed by atoms with Gasteiger partial charge in [-0.25, -0.2) is 0 Å². The van der Waals surface area contributed by atoms with Crippen LogP contribution in [-0.4, -0.2) is 35.8 Å². The molecule has 0 radical (unpaired) electrons. The highest BCUT2D eigenvalue weighted by atomic mass is 16.2. The molecule has 1 aromatic rings. The van der Waals surface area contributed by atoms with Crippen molar-refractivity contribution in [2.75, 3.05) is 18.4 Å². The van der Waals surface area contributed by atoms with Crippen molar-refractivity contribution in [3.8, 4) is 0 Å². The zero-order chi connectivity index (χ0) is 15.1. The Hall–Kier alpha value is -1.88. The first-order valence-electron chi connectivity index (χ1n) is 6.99. The molecule has 110 valence electrons. The Balaban J connectivity index is 2.74. The third kappa shape index (κ3) is 4.06. The molecule has 20 heavy (non-hydrogen) atoms. The third-order valence-electron chi connectivity index (χ3n) is 3.23. The number of rotatable bonds is 6. The molecule has 0 aromatic heterocycles. The zero-order valence-electron chi connectivity index (χ0n) is 12.3. The van der Waals surface area contributed by atoms with E-state index in [9.17, 15) is 9.59 Å². The number of nitrogens with two attached hydrogens (primary N) is 1. The summed E-state index contributed by atoms with van der Waals surface area (Å²) in [5.74, 6) is -0.214. The summed E-state index contributed by atoms with van der Waals surface area (Å²) < 4.78 is 0. The SMILES string of the molecule is CC[C@H](N)C(=O)Nc1ccc(C(=O)N(CC)CC)cc1. The maximum Gasteiger partial charge on any atom is 0.253 e. The molecular weight excluding hydrogens is 254 g/mol. The van der Waals surface area contributed by atoms with Crippen molar-refractivity contribution < 1.29 is 9.59 Å². The van der Waals surface area contributed by atoms with Crippen molar-refractivity contribution in [3.63, 3.8) is 0 Å². The number of anilines is 1. The molecule has 1 atom stereocenters. The Morgan fingerprint density at radius 3 is 2.15 bits per heavy atom. The first-order valence-corrected chi connectivity index (χ1v) is 6.99. The number of hydrogen-bond acceptors (Lipinski definition) is 3. The van der Waals surface area contributed by atoms with Gasteiger partial charge in [0.25, 0.3) is 5.91 Å². The number of benzene rings is 1. The van der Waals surface area contributed by atoms with E-state index in [0.29, 0.717) is 30.8 Å². The minimum absolute atomic E-state index is 0.00173. The van der Waals surface area contributed by atoms with Gasteiger partial charge in [-0.05, 0) is 44.5 Å². The van der Waals surface area contributed by atoms with Crippen LogP contribution in [0, 0.1) is 0 Å². The molecule has 2 amide bonds. The Morgan fingerprint density at radius 1 is 1.15 bits per heavy atom. The standard InChI is InChI=1S/C15H23N3O2/c1-4-13(16)14(19)17-12-9-7-11(8-10-12)15(20)18(5-2)6-3/h7-10,13H,4-6,16H2,1-3H3,(H,17,19)/t13-/m0/s1. The van der Waals surface area contributed by atoms with Gasteiger partial charge in [0.1, 0.15) is 0 Å². The van der Waals surface area contributed by atoms with Crippen LogP contribution in [0.25, 0.3) is 0 Å². The van der Waals surface area contributed by atoms with Gasteiger partial charge in [0, 0.05) is 24.3 Å². The second-order valence-corrected chi connectivity index (χ2v) is 4.56. The molecule has 0 spiro atoms. The van der Waals surface area contributed by atoms with E-state index in [4.69, 9.17) is 5.73 Å². The molecule has 0 heterocycles. The summed E-state index contributed by atoms with van der Waals surface area (Å²) in [6, 6.07) is 6.36. The van der Waals surface area contributed by atoms with Crippen LogP contribution in [0.3, 0.4) is 0 Å². The summed E-state index contributed by atoms with van der Waals surface area (Å²) in [5, 5.41) is 2.73. The first kappa shape index (κ1) is 16.2. The lowest BCUT2D eigenvalue weighted by Gasteiger charge is -2.18. The van der Waals surface area contributed by atoms with Crippen LogP contribution in [0.5, 0.6) is 0 Å². The van der Waals surface area contributed by atoms with Gasteiger partial charge in [-0.2, -0.15) is 0 Å². The van der Waals surface area contributed by atoms with Gasteiger partial charge in [-0.1, -0.05) is 6.92 Å². The van der Waals surface area contributed by atoms with Crippen molar-refractivity contribution in [3.05, 3.63) is 29.8 Å². The minimum atomic E-state index is -0.507. The fourth-order valence-corrected chi connectivity index (χ4v) is 1.81. The summed E-state index contributed by atoms with van der Waals surface area (Å²) in [5.41, 5.74) is 6.91. The zero-order valence-corrected chi connectivity index (χ0v) is 12.3. The Bertz CT molecular complexity index is 453. The van der Waals surface area contributed by atoms with Crippen molar-refractivity contribution in [1.29, 1.82) is 0 Å². The smallest absolute Gasteiger partial charge is 0.253 e. The molecule has 0 fully saturated rings. The molecule has 0 unspecified atom stereocenters. The molecule has 0 saturated heterocycles. The number of nitrogens with zero attached hydrogens (tertiary/aromatic N) is 1. The van der Waals surface area contributed by atoms with Gasteiger partial charge in [-0.15, -0.1) is 0 Å². The number of nitrogens with one attached hydrogen (secondary N) is 1. The number of carbonyl (C=O) groups excluding carboxylic acids is 2. The lowest BCUT2D eigenvalue weighted by molar-refractivity contribution is -0.117. The number of hydrogen-bond donors (Lipinski definition) is 2. The van der Waals surface area contributed by atoms with Crippen LogP contribution in [0.1, 0.15) is 37.6 Å². The molecule has 0 aliphatic heterocycles. The van der Waals surface area contributed by atoms with E-state index in [2.05, 4.69) is 5.32 Å². The Kier molecular flexibility index (Phi) is 6.18. The molecule has 5 heteroatoms. The van der Waals surface area contributed by atoms with E-state index < -0.39 is 6.04 Å². The summed E-state index contributed by atoms with van der Waals surface area (Å²) in [7, 11) is 0. The van der Waals surface area contributed by atoms with Crippen molar-refractivity contribution >= 4 is 17.5 Å². The van der Waals surface area contributed by atoms with E-state index in [1.165, 1.54) is 0 Å². The van der Waals surface area contributed by atoms with Crippen LogP contribution in [0.15, 0.2) is 24.3 Å². The normalized spacial score (nSPS) is 11.8. The molecule has 0 saturated carbocycles. The van der Waals surface area contributed by atoms with Gasteiger partial charge in [0.2, 0.25) is 5.91 Å². The van der Waals surface area contributed by atoms with E-state index in [-0.39, 0.29) is 11.8 Å². The second kappa shape index (κ2) is 7.65. The fraction of sp³-hybridized carbons (Fsp3) is 0.467. The average molecular weight is 277 g/mol. The van der Waals surface area contributed by atoms with Crippen molar-refractivity contribution in [1.82, 2.24) is 4.90 Å². The predicted molar refractivity (Wildman–Crippen MR) is 80.6 cm³/mol. The molecule has 3 N–H and O–H groups in total.